The minimum atomic E-state index is -1.28. The molecule has 1 aromatic carbocycles. The van der Waals surface area contributed by atoms with Crippen LogP contribution in [-0.2, 0) is 30.4 Å². The van der Waals surface area contributed by atoms with E-state index in [0.29, 0.717) is 6.42 Å². The number of carbonyl (C=O) groups excluding carboxylic acids is 3. The zero-order valence-electron chi connectivity index (χ0n) is 26.9. The fraction of sp³-hybridized carbons (Fsp3) is 0.594. The third-order valence-electron chi connectivity index (χ3n) is 8.00. The molecule has 2 aromatic rings. The molecule has 0 radical (unpaired) electrons. The van der Waals surface area contributed by atoms with Crippen molar-refractivity contribution in [1.82, 2.24) is 20.9 Å². The maximum absolute atomic E-state index is 13.3. The molecule has 0 fully saturated rings. The number of carboxylic acids is 2. The van der Waals surface area contributed by atoms with E-state index < -0.39 is 57.3 Å². The van der Waals surface area contributed by atoms with Crippen LogP contribution in [0.1, 0.15) is 76.7 Å². The van der Waals surface area contributed by atoms with Gasteiger partial charge in [0.15, 0.2) is 0 Å². The first-order valence-corrected chi connectivity index (χ1v) is 18.4. The number of para-hydroxylation sites is 1. The number of aliphatic carboxylic acids is 2. The van der Waals surface area contributed by atoms with Gasteiger partial charge in [0.2, 0.25) is 17.7 Å². The molecule has 256 valence electrons. The Morgan fingerprint density at radius 3 is 2.37 bits per heavy atom. The molecule has 14 heteroatoms. The summed E-state index contributed by atoms with van der Waals surface area (Å²) in [5, 5.41) is 27.0. The summed E-state index contributed by atoms with van der Waals surface area (Å²) in [7, 11) is -0.472. The Morgan fingerprint density at radius 2 is 1.65 bits per heavy atom. The Labute approximate surface area is 272 Å². The van der Waals surface area contributed by atoms with Gasteiger partial charge in [0.05, 0.1) is 6.04 Å². The molecule has 3 amide bonds. The van der Waals surface area contributed by atoms with E-state index in [-0.39, 0.29) is 44.7 Å². The van der Waals surface area contributed by atoms with Gasteiger partial charge in [-0.15, -0.1) is 0 Å². The number of fused-ring (bicyclic) bond motifs is 1. The molecular formula is C32H52N6O7Si. The van der Waals surface area contributed by atoms with Crippen LogP contribution in [0.5, 0.6) is 0 Å². The Balaban J connectivity index is 1.95. The molecule has 1 aromatic heterocycles. The number of nitrogens with two attached hydrogens (primary N) is 2. The second-order valence-electron chi connectivity index (χ2n) is 11.9. The number of carboxylic acid groups (broad SMARTS) is 2. The van der Waals surface area contributed by atoms with E-state index >= 15 is 0 Å². The number of hydrogen-bond acceptors (Lipinski definition) is 7. The number of carbonyl (C=O) groups is 5. The quantitative estimate of drug-likeness (QED) is 0.0602. The van der Waals surface area contributed by atoms with Crippen molar-refractivity contribution in [2.24, 2.45) is 11.5 Å². The van der Waals surface area contributed by atoms with Gasteiger partial charge in [-0.3, -0.25) is 19.2 Å². The zero-order chi connectivity index (χ0) is 33.9. The van der Waals surface area contributed by atoms with E-state index in [9.17, 15) is 29.1 Å². The predicted molar refractivity (Wildman–Crippen MR) is 180 cm³/mol. The van der Waals surface area contributed by atoms with Gasteiger partial charge in [-0.05, 0) is 43.4 Å². The molecule has 4 atom stereocenters. The highest BCUT2D eigenvalue weighted by molar-refractivity contribution is 6.35. The third-order valence-corrected chi connectivity index (χ3v) is 10.1. The lowest BCUT2D eigenvalue weighted by atomic mass is 10.0. The number of hydrogen-bond donors (Lipinski definition) is 8. The Kier molecular flexibility index (Phi) is 17.6. The molecule has 0 saturated carbocycles. The number of nitrogens with one attached hydrogen (secondary N) is 4. The standard InChI is InChI=1S/C32H52N6O7Si/c1-2-3-4-5-9-22(33)20-46-17-15-24(34)30(42)38-27(18-21-19-36-25-11-7-6-10-23(21)25)31(43)35-16-14-26(32(44)45)37-28(39)12-8-13-29(40)41/h6-7,10-11,19,22,24,26-27,36H,2-5,8-9,12-18,20,33-34,46H2,1H3,(H,35,43)(H,37,39)(H,38,42)(H,40,41)(H,44,45)/t22-,24-,26+,27+/m0/s1. The van der Waals surface area contributed by atoms with E-state index in [1.54, 1.807) is 6.20 Å². The van der Waals surface area contributed by atoms with Crippen LogP contribution in [0.15, 0.2) is 30.5 Å². The number of aromatic amines is 1. The van der Waals surface area contributed by atoms with Gasteiger partial charge in [0, 0.05) is 58.5 Å². The second kappa shape index (κ2) is 21.1. The summed E-state index contributed by atoms with van der Waals surface area (Å²) in [6.07, 6.45) is 7.91. The molecule has 0 saturated heterocycles. The monoisotopic (exact) mass is 660 g/mol. The van der Waals surface area contributed by atoms with Crippen molar-refractivity contribution in [2.75, 3.05) is 6.54 Å². The van der Waals surface area contributed by atoms with Crippen molar-refractivity contribution in [2.45, 2.75) is 114 Å². The molecule has 0 aliphatic carbocycles. The van der Waals surface area contributed by atoms with Crippen molar-refractivity contribution in [3.8, 4) is 0 Å². The number of H-pyrrole nitrogens is 1. The van der Waals surface area contributed by atoms with E-state index in [1.165, 1.54) is 19.3 Å². The van der Waals surface area contributed by atoms with Crippen molar-refractivity contribution in [3.05, 3.63) is 36.0 Å². The number of rotatable bonds is 24. The third kappa shape index (κ3) is 14.6. The molecule has 0 aliphatic rings. The normalized spacial score (nSPS) is 14.1. The summed E-state index contributed by atoms with van der Waals surface area (Å²) >= 11 is 0. The summed E-state index contributed by atoms with van der Waals surface area (Å²) in [6.45, 7) is 2.10. The minimum absolute atomic E-state index is 0.0798. The Hall–Kier alpha value is -3.75. The van der Waals surface area contributed by atoms with Gasteiger partial charge in [0.1, 0.15) is 12.1 Å². The Morgan fingerprint density at radius 1 is 0.891 bits per heavy atom. The zero-order valence-corrected chi connectivity index (χ0v) is 28.3. The van der Waals surface area contributed by atoms with Gasteiger partial charge in [-0.1, -0.05) is 56.9 Å². The van der Waals surface area contributed by atoms with Crippen LogP contribution >= 0.6 is 0 Å². The van der Waals surface area contributed by atoms with E-state index in [1.807, 2.05) is 24.3 Å². The van der Waals surface area contributed by atoms with Gasteiger partial charge in [-0.2, -0.15) is 0 Å². The van der Waals surface area contributed by atoms with Crippen molar-refractivity contribution < 1.29 is 34.2 Å². The lowest BCUT2D eigenvalue weighted by Gasteiger charge is -2.21. The first-order valence-electron chi connectivity index (χ1n) is 16.4. The van der Waals surface area contributed by atoms with Gasteiger partial charge >= 0.3 is 11.9 Å². The van der Waals surface area contributed by atoms with Crippen molar-refractivity contribution >= 4 is 50.1 Å². The average Bonchev–Trinajstić information content (AvgIpc) is 3.42. The summed E-state index contributed by atoms with van der Waals surface area (Å²) in [5.74, 6) is -3.86. The number of amides is 3. The maximum Gasteiger partial charge on any atom is 0.326 e. The molecule has 0 spiro atoms. The predicted octanol–water partition coefficient (Wildman–Crippen LogP) is 1.55. The first-order chi connectivity index (χ1) is 22.0. The van der Waals surface area contributed by atoms with Crippen LogP contribution in [-0.4, -0.2) is 85.1 Å². The fourth-order valence-corrected chi connectivity index (χ4v) is 7.11. The van der Waals surface area contributed by atoms with Crippen LogP contribution in [0.3, 0.4) is 0 Å². The van der Waals surface area contributed by atoms with E-state index in [2.05, 4.69) is 27.9 Å². The lowest BCUT2D eigenvalue weighted by molar-refractivity contribution is -0.142. The summed E-state index contributed by atoms with van der Waals surface area (Å²) in [4.78, 5) is 64.1. The Bertz CT molecular complexity index is 1270. The lowest BCUT2D eigenvalue weighted by Crippen LogP contribution is -2.53. The molecule has 0 aliphatic heterocycles. The first kappa shape index (κ1) is 38.4. The largest absolute Gasteiger partial charge is 0.481 e. The SMILES string of the molecule is CCCCCC[C@H](N)C[SiH2]CC[C@H](N)C(=O)N[C@H](Cc1c[nH]c2ccccc12)C(=O)NCC[C@@H](NC(=O)CCCC(=O)O)C(=O)O. The summed E-state index contributed by atoms with van der Waals surface area (Å²) < 4.78 is 0. The smallest absolute Gasteiger partial charge is 0.326 e. The molecule has 1 heterocycles. The fourth-order valence-electron chi connectivity index (χ4n) is 5.27. The highest BCUT2D eigenvalue weighted by atomic mass is 28.2. The molecule has 46 heavy (non-hydrogen) atoms. The van der Waals surface area contributed by atoms with Crippen LogP contribution in [0.25, 0.3) is 10.9 Å². The van der Waals surface area contributed by atoms with Crippen molar-refractivity contribution in [1.29, 1.82) is 0 Å². The van der Waals surface area contributed by atoms with Crippen molar-refractivity contribution in [3.63, 3.8) is 0 Å². The molecular weight excluding hydrogens is 608 g/mol. The number of unbranched alkanes of at least 4 members (excludes halogenated alkanes) is 3. The minimum Gasteiger partial charge on any atom is -0.481 e. The molecule has 0 unspecified atom stereocenters. The molecule has 0 bridgehead atoms. The molecule has 2 rings (SSSR count). The topological polar surface area (TPSA) is 230 Å². The molecule has 13 nitrogen and oxygen atoms in total. The number of aromatic nitrogens is 1. The van der Waals surface area contributed by atoms with Crippen LogP contribution < -0.4 is 27.4 Å². The molecule has 10 N–H and O–H groups in total. The maximum atomic E-state index is 13.3. The number of benzene rings is 1. The van der Waals surface area contributed by atoms with Gasteiger partial charge in [0.25, 0.3) is 0 Å². The van der Waals surface area contributed by atoms with Gasteiger partial charge in [-0.25, -0.2) is 4.79 Å². The van der Waals surface area contributed by atoms with E-state index in [4.69, 9.17) is 16.6 Å². The summed E-state index contributed by atoms with van der Waals surface area (Å²) in [6, 6.07) is 6.64. The van der Waals surface area contributed by atoms with Gasteiger partial charge < -0.3 is 42.6 Å². The van der Waals surface area contributed by atoms with Crippen LogP contribution in [0.2, 0.25) is 12.1 Å². The second-order valence-corrected chi connectivity index (χ2v) is 13.9. The van der Waals surface area contributed by atoms with Crippen LogP contribution in [0.4, 0.5) is 0 Å². The summed E-state index contributed by atoms with van der Waals surface area (Å²) in [5.41, 5.74) is 14.2. The average molecular weight is 661 g/mol. The highest BCUT2D eigenvalue weighted by Crippen LogP contribution is 2.19. The highest BCUT2D eigenvalue weighted by Gasteiger charge is 2.26. The van der Waals surface area contributed by atoms with Crippen LogP contribution in [0, 0.1) is 0 Å². The van der Waals surface area contributed by atoms with E-state index in [0.717, 1.165) is 41.4 Å².